The van der Waals surface area contributed by atoms with Gasteiger partial charge in [0, 0.05) is 0 Å². The molecule has 0 heterocycles. The van der Waals surface area contributed by atoms with Crippen LogP contribution in [0, 0.1) is 16.7 Å². The van der Waals surface area contributed by atoms with Crippen LogP contribution in [0.2, 0.25) is 0 Å². The maximum absolute atomic E-state index is 8.90. The van der Waals surface area contributed by atoms with Gasteiger partial charge < -0.3 is 0 Å². The van der Waals surface area contributed by atoms with Crippen LogP contribution in [-0.2, 0) is 6.42 Å². The summed E-state index contributed by atoms with van der Waals surface area (Å²) >= 11 is 0. The standard InChI is InChI=1S/C16H23N/c1-16(2,14-17)13-9-4-3-6-10-15-11-7-5-8-12-15/h5,7-8,11-12H,3-4,6,9-10,13H2,1-2H3. The third kappa shape index (κ3) is 6.12. The number of hydrogen-bond acceptors (Lipinski definition) is 1. The molecule has 1 heteroatoms. The summed E-state index contributed by atoms with van der Waals surface area (Å²) in [6.07, 6.45) is 7.16. The summed E-state index contributed by atoms with van der Waals surface area (Å²) in [5, 5.41) is 8.90. The van der Waals surface area contributed by atoms with Gasteiger partial charge in [0.15, 0.2) is 0 Å². The van der Waals surface area contributed by atoms with E-state index in [1.54, 1.807) is 0 Å². The van der Waals surface area contributed by atoms with Crippen molar-refractivity contribution in [1.82, 2.24) is 0 Å². The van der Waals surface area contributed by atoms with Crippen molar-refractivity contribution in [2.75, 3.05) is 0 Å². The monoisotopic (exact) mass is 229 g/mol. The highest BCUT2D eigenvalue weighted by molar-refractivity contribution is 5.14. The molecule has 17 heavy (non-hydrogen) atoms. The number of unbranched alkanes of at least 4 members (excludes halogenated alkanes) is 3. The van der Waals surface area contributed by atoms with E-state index in [0.717, 1.165) is 6.42 Å². The second kappa shape index (κ2) is 7.12. The molecule has 1 rings (SSSR count). The van der Waals surface area contributed by atoms with Crippen LogP contribution in [0.4, 0.5) is 0 Å². The first-order valence-corrected chi connectivity index (χ1v) is 6.59. The second-order valence-corrected chi connectivity index (χ2v) is 5.40. The van der Waals surface area contributed by atoms with Crippen LogP contribution in [0.1, 0.15) is 51.5 Å². The van der Waals surface area contributed by atoms with Crippen molar-refractivity contribution >= 4 is 0 Å². The fraction of sp³-hybridized carbons (Fsp3) is 0.562. The van der Waals surface area contributed by atoms with Gasteiger partial charge in [0.25, 0.3) is 0 Å². The minimum atomic E-state index is -0.139. The molecule has 0 saturated heterocycles. The van der Waals surface area contributed by atoms with Gasteiger partial charge in [-0.2, -0.15) is 5.26 Å². The Morgan fingerprint density at radius 2 is 1.65 bits per heavy atom. The zero-order chi connectivity index (χ0) is 12.6. The first-order valence-electron chi connectivity index (χ1n) is 6.59. The molecule has 0 spiro atoms. The van der Waals surface area contributed by atoms with E-state index < -0.39 is 0 Å². The van der Waals surface area contributed by atoms with Crippen LogP contribution in [0.5, 0.6) is 0 Å². The molecule has 0 amide bonds. The van der Waals surface area contributed by atoms with Crippen LogP contribution >= 0.6 is 0 Å². The van der Waals surface area contributed by atoms with Crippen molar-refractivity contribution in [3.8, 4) is 6.07 Å². The highest BCUT2D eigenvalue weighted by Crippen LogP contribution is 2.22. The van der Waals surface area contributed by atoms with Gasteiger partial charge in [0.05, 0.1) is 11.5 Å². The largest absolute Gasteiger partial charge is 0.198 e. The maximum atomic E-state index is 8.90. The predicted octanol–water partition coefficient (Wildman–Crippen LogP) is 4.73. The average molecular weight is 229 g/mol. The van der Waals surface area contributed by atoms with E-state index in [9.17, 15) is 0 Å². The summed E-state index contributed by atoms with van der Waals surface area (Å²) in [7, 11) is 0. The molecule has 0 N–H and O–H groups in total. The van der Waals surface area contributed by atoms with Gasteiger partial charge in [-0.3, -0.25) is 0 Å². The Kier molecular flexibility index (Phi) is 5.77. The SMILES string of the molecule is CC(C)(C#N)CCCCCCc1ccccc1. The Labute approximate surface area is 105 Å². The zero-order valence-electron chi connectivity index (χ0n) is 11.1. The second-order valence-electron chi connectivity index (χ2n) is 5.40. The van der Waals surface area contributed by atoms with Gasteiger partial charge in [-0.25, -0.2) is 0 Å². The van der Waals surface area contributed by atoms with Crippen LogP contribution in [-0.4, -0.2) is 0 Å². The van der Waals surface area contributed by atoms with Gasteiger partial charge in [0.2, 0.25) is 0 Å². The van der Waals surface area contributed by atoms with Crippen LogP contribution in [0.3, 0.4) is 0 Å². The number of benzene rings is 1. The summed E-state index contributed by atoms with van der Waals surface area (Å²) in [6, 6.07) is 13.0. The lowest BCUT2D eigenvalue weighted by Crippen LogP contribution is -2.06. The van der Waals surface area contributed by atoms with E-state index in [1.807, 2.05) is 13.8 Å². The molecule has 0 aliphatic heterocycles. The molecular formula is C16H23N. The summed E-state index contributed by atoms with van der Waals surface area (Å²) in [6.45, 7) is 4.05. The molecule has 1 aromatic rings. The molecule has 0 fully saturated rings. The average Bonchev–Trinajstić information content (AvgIpc) is 2.35. The normalized spacial score (nSPS) is 11.1. The number of nitriles is 1. The Morgan fingerprint density at radius 3 is 2.29 bits per heavy atom. The summed E-state index contributed by atoms with van der Waals surface area (Å²) in [4.78, 5) is 0. The van der Waals surface area contributed by atoms with E-state index in [0.29, 0.717) is 0 Å². The first-order chi connectivity index (χ1) is 8.14. The van der Waals surface area contributed by atoms with Gasteiger partial charge in [0.1, 0.15) is 0 Å². The van der Waals surface area contributed by atoms with Gasteiger partial charge in [-0.05, 0) is 38.7 Å². The molecule has 0 atom stereocenters. The Hall–Kier alpha value is -1.29. The minimum absolute atomic E-state index is 0.139. The van der Waals surface area contributed by atoms with Gasteiger partial charge >= 0.3 is 0 Å². The van der Waals surface area contributed by atoms with Crippen molar-refractivity contribution in [2.24, 2.45) is 5.41 Å². The molecule has 0 aromatic heterocycles. The van der Waals surface area contributed by atoms with E-state index in [4.69, 9.17) is 5.26 Å². The Balaban J connectivity index is 2.04. The number of hydrogen-bond donors (Lipinski definition) is 0. The molecule has 1 nitrogen and oxygen atoms in total. The van der Waals surface area contributed by atoms with Crippen LogP contribution in [0.25, 0.3) is 0 Å². The molecule has 1 aromatic carbocycles. The van der Waals surface area contributed by atoms with Crippen molar-refractivity contribution < 1.29 is 0 Å². The molecule has 0 aliphatic rings. The topological polar surface area (TPSA) is 23.8 Å². The zero-order valence-corrected chi connectivity index (χ0v) is 11.1. The number of aryl methyl sites for hydroxylation is 1. The quantitative estimate of drug-likeness (QED) is 0.620. The van der Waals surface area contributed by atoms with Crippen molar-refractivity contribution in [1.29, 1.82) is 5.26 Å². The Morgan fingerprint density at radius 1 is 1.00 bits per heavy atom. The lowest BCUT2D eigenvalue weighted by Gasteiger charge is -2.14. The summed E-state index contributed by atoms with van der Waals surface area (Å²) < 4.78 is 0. The van der Waals surface area contributed by atoms with Crippen molar-refractivity contribution in [3.05, 3.63) is 35.9 Å². The fourth-order valence-electron chi connectivity index (χ4n) is 1.95. The highest BCUT2D eigenvalue weighted by atomic mass is 14.3. The molecular weight excluding hydrogens is 206 g/mol. The third-order valence-electron chi connectivity index (χ3n) is 3.16. The minimum Gasteiger partial charge on any atom is -0.198 e. The van der Waals surface area contributed by atoms with E-state index in [-0.39, 0.29) is 5.41 Å². The molecule has 0 saturated carbocycles. The molecule has 0 aliphatic carbocycles. The fourth-order valence-corrected chi connectivity index (χ4v) is 1.95. The summed E-state index contributed by atoms with van der Waals surface area (Å²) in [5.74, 6) is 0. The van der Waals surface area contributed by atoms with Crippen molar-refractivity contribution in [3.63, 3.8) is 0 Å². The third-order valence-corrected chi connectivity index (χ3v) is 3.16. The summed E-state index contributed by atoms with van der Waals surface area (Å²) in [5.41, 5.74) is 1.30. The van der Waals surface area contributed by atoms with E-state index in [2.05, 4.69) is 36.4 Å². The van der Waals surface area contributed by atoms with Gasteiger partial charge in [-0.1, -0.05) is 49.6 Å². The highest BCUT2D eigenvalue weighted by Gasteiger charge is 2.15. The molecule has 92 valence electrons. The lowest BCUT2D eigenvalue weighted by atomic mass is 9.88. The molecule has 0 bridgehead atoms. The van der Waals surface area contributed by atoms with E-state index in [1.165, 1.54) is 37.7 Å². The molecule has 0 unspecified atom stereocenters. The number of rotatable bonds is 7. The predicted molar refractivity (Wildman–Crippen MR) is 72.6 cm³/mol. The smallest absolute Gasteiger partial charge is 0.0683 e. The molecule has 0 radical (unpaired) electrons. The van der Waals surface area contributed by atoms with Crippen molar-refractivity contribution in [2.45, 2.75) is 52.4 Å². The number of nitrogens with zero attached hydrogens (tertiary/aromatic N) is 1. The lowest BCUT2D eigenvalue weighted by molar-refractivity contribution is 0.421. The van der Waals surface area contributed by atoms with E-state index >= 15 is 0 Å². The van der Waals surface area contributed by atoms with Gasteiger partial charge in [-0.15, -0.1) is 0 Å². The first kappa shape index (κ1) is 13.8. The Bertz CT molecular complexity index is 346. The maximum Gasteiger partial charge on any atom is 0.0683 e. The van der Waals surface area contributed by atoms with Crippen LogP contribution in [0.15, 0.2) is 30.3 Å². The van der Waals surface area contributed by atoms with Crippen LogP contribution < -0.4 is 0 Å².